The summed E-state index contributed by atoms with van der Waals surface area (Å²) in [5.41, 5.74) is 2.19. The predicted octanol–water partition coefficient (Wildman–Crippen LogP) is 3.11. The van der Waals surface area contributed by atoms with Gasteiger partial charge in [0, 0.05) is 12.5 Å². The summed E-state index contributed by atoms with van der Waals surface area (Å²) >= 11 is 0. The Balaban J connectivity index is 2.39. The summed E-state index contributed by atoms with van der Waals surface area (Å²) in [5.74, 6) is 0.746. The molecule has 0 saturated carbocycles. The van der Waals surface area contributed by atoms with Gasteiger partial charge in [-0.05, 0) is 19.2 Å². The van der Waals surface area contributed by atoms with Gasteiger partial charge in [-0.1, -0.05) is 32.0 Å². The first-order valence-electron chi connectivity index (χ1n) is 5.81. The number of para-hydroxylation sites is 1. The van der Waals surface area contributed by atoms with E-state index in [0.717, 1.165) is 30.2 Å². The van der Waals surface area contributed by atoms with Crippen molar-refractivity contribution in [1.29, 1.82) is 0 Å². The van der Waals surface area contributed by atoms with Crippen molar-refractivity contribution in [2.24, 2.45) is 4.99 Å². The van der Waals surface area contributed by atoms with Crippen molar-refractivity contribution in [1.82, 2.24) is 4.90 Å². The van der Waals surface area contributed by atoms with Gasteiger partial charge in [-0.3, -0.25) is 4.90 Å². The fourth-order valence-corrected chi connectivity index (χ4v) is 2.05. The maximum atomic E-state index is 5.83. The number of ether oxygens (including phenoxy) is 1. The molecule has 0 aliphatic carbocycles. The molecule has 1 heterocycles. The number of benzene rings is 1. The summed E-state index contributed by atoms with van der Waals surface area (Å²) in [4.78, 5) is 6.70. The van der Waals surface area contributed by atoms with Crippen LogP contribution in [0.15, 0.2) is 29.3 Å². The van der Waals surface area contributed by atoms with Crippen molar-refractivity contribution >= 4 is 11.6 Å². The van der Waals surface area contributed by atoms with Gasteiger partial charge >= 0.3 is 0 Å². The second-order valence-corrected chi connectivity index (χ2v) is 3.88. The number of rotatable bonds is 3. The first kappa shape index (κ1) is 11.1. The average molecular weight is 218 g/mol. The molecule has 86 valence electrons. The lowest BCUT2D eigenvalue weighted by molar-refractivity contribution is 0.0178. The van der Waals surface area contributed by atoms with Gasteiger partial charge in [-0.15, -0.1) is 0 Å². The third-order valence-electron chi connectivity index (χ3n) is 2.91. The van der Waals surface area contributed by atoms with Crippen LogP contribution in [-0.4, -0.2) is 23.9 Å². The highest BCUT2D eigenvalue weighted by Gasteiger charge is 2.25. The lowest BCUT2D eigenvalue weighted by atomic mass is 10.1. The summed E-state index contributed by atoms with van der Waals surface area (Å²) < 4.78 is 5.83. The maximum absolute atomic E-state index is 5.83. The van der Waals surface area contributed by atoms with Crippen LogP contribution >= 0.6 is 0 Å². The third-order valence-corrected chi connectivity index (χ3v) is 2.91. The zero-order valence-corrected chi connectivity index (χ0v) is 10.1. The third kappa shape index (κ3) is 1.95. The number of nitrogens with zero attached hydrogens (tertiary/aromatic N) is 2. The van der Waals surface area contributed by atoms with Gasteiger partial charge in [-0.25, -0.2) is 4.99 Å². The minimum atomic E-state index is 0.0173. The molecule has 0 fully saturated rings. The van der Waals surface area contributed by atoms with E-state index in [-0.39, 0.29) is 6.23 Å². The molecular formula is C13H18N2O. The van der Waals surface area contributed by atoms with Crippen molar-refractivity contribution in [2.45, 2.75) is 27.0 Å². The molecule has 3 nitrogen and oxygen atoms in total. The highest BCUT2D eigenvalue weighted by atomic mass is 16.5. The van der Waals surface area contributed by atoms with Crippen molar-refractivity contribution in [3.05, 3.63) is 29.8 Å². The van der Waals surface area contributed by atoms with E-state index in [1.165, 1.54) is 0 Å². The minimum absolute atomic E-state index is 0.0173. The van der Waals surface area contributed by atoms with E-state index in [1.807, 2.05) is 25.1 Å². The molecule has 0 amide bonds. The highest BCUT2D eigenvalue weighted by Crippen LogP contribution is 2.34. The molecule has 0 radical (unpaired) electrons. The fourth-order valence-electron chi connectivity index (χ4n) is 2.05. The van der Waals surface area contributed by atoms with E-state index in [1.54, 1.807) is 0 Å². The number of aliphatic imine (C=N–C) groups is 1. The first-order chi connectivity index (χ1) is 7.76. The van der Waals surface area contributed by atoms with Gasteiger partial charge in [0.1, 0.15) is 0 Å². The van der Waals surface area contributed by atoms with E-state index in [9.17, 15) is 0 Å². The van der Waals surface area contributed by atoms with Gasteiger partial charge in [-0.2, -0.15) is 0 Å². The Morgan fingerprint density at radius 3 is 2.62 bits per heavy atom. The van der Waals surface area contributed by atoms with Crippen LogP contribution in [0, 0.1) is 0 Å². The molecule has 3 heteroatoms. The number of hydrogen-bond donors (Lipinski definition) is 0. The number of hydrogen-bond acceptors (Lipinski definition) is 3. The van der Waals surface area contributed by atoms with Crippen LogP contribution in [0.25, 0.3) is 0 Å². The van der Waals surface area contributed by atoms with Gasteiger partial charge in [0.25, 0.3) is 0 Å². The molecule has 0 N–H and O–H groups in total. The predicted molar refractivity (Wildman–Crippen MR) is 66.0 cm³/mol. The van der Waals surface area contributed by atoms with Gasteiger partial charge in [0.05, 0.1) is 5.69 Å². The van der Waals surface area contributed by atoms with Crippen LogP contribution in [0.5, 0.6) is 0 Å². The Morgan fingerprint density at radius 2 is 1.94 bits per heavy atom. The lowest BCUT2D eigenvalue weighted by Gasteiger charge is -2.33. The van der Waals surface area contributed by atoms with Crippen molar-refractivity contribution in [3.63, 3.8) is 0 Å². The van der Waals surface area contributed by atoms with E-state index in [4.69, 9.17) is 4.74 Å². The molecule has 16 heavy (non-hydrogen) atoms. The monoisotopic (exact) mass is 218 g/mol. The molecule has 1 aliphatic rings. The van der Waals surface area contributed by atoms with Gasteiger partial charge < -0.3 is 4.74 Å². The molecular weight excluding hydrogens is 200 g/mol. The van der Waals surface area contributed by atoms with Crippen LogP contribution in [0.2, 0.25) is 0 Å². The largest absolute Gasteiger partial charge is 0.458 e. The Morgan fingerprint density at radius 1 is 1.25 bits per heavy atom. The molecule has 0 spiro atoms. The summed E-state index contributed by atoms with van der Waals surface area (Å²) in [6, 6.07) is 8.18. The lowest BCUT2D eigenvalue weighted by Crippen LogP contribution is -2.32. The Kier molecular flexibility index (Phi) is 3.25. The molecule has 1 atom stereocenters. The zero-order valence-electron chi connectivity index (χ0n) is 10.1. The Bertz CT molecular complexity index is 397. The zero-order chi connectivity index (χ0) is 11.5. The quantitative estimate of drug-likeness (QED) is 0.778. The summed E-state index contributed by atoms with van der Waals surface area (Å²) in [6.45, 7) is 8.16. The summed E-state index contributed by atoms with van der Waals surface area (Å²) in [5, 5.41) is 0. The minimum Gasteiger partial charge on any atom is -0.458 e. The standard InChI is InChI=1S/C13H18N2O/c1-4-15(5-2)13-11-8-6-7-9-12(11)14-10(3)16-13/h6-9,13H,4-5H2,1-3H3. The molecule has 0 bridgehead atoms. The molecule has 1 aromatic carbocycles. The highest BCUT2D eigenvalue weighted by molar-refractivity contribution is 5.79. The smallest absolute Gasteiger partial charge is 0.187 e. The van der Waals surface area contributed by atoms with Crippen LogP contribution in [-0.2, 0) is 4.74 Å². The molecule has 1 aliphatic heterocycles. The first-order valence-corrected chi connectivity index (χ1v) is 5.81. The van der Waals surface area contributed by atoms with E-state index < -0.39 is 0 Å². The Hall–Kier alpha value is -1.35. The van der Waals surface area contributed by atoms with Crippen molar-refractivity contribution < 1.29 is 4.74 Å². The second-order valence-electron chi connectivity index (χ2n) is 3.88. The second kappa shape index (κ2) is 4.66. The molecule has 1 aromatic rings. The number of fused-ring (bicyclic) bond motifs is 1. The average Bonchev–Trinajstić information content (AvgIpc) is 2.30. The van der Waals surface area contributed by atoms with Gasteiger partial charge in [0.15, 0.2) is 12.1 Å². The molecule has 2 rings (SSSR count). The van der Waals surface area contributed by atoms with Crippen LogP contribution < -0.4 is 0 Å². The molecule has 0 aromatic heterocycles. The fraction of sp³-hybridized carbons (Fsp3) is 0.462. The molecule has 1 unspecified atom stereocenters. The van der Waals surface area contributed by atoms with E-state index in [0.29, 0.717) is 0 Å². The van der Waals surface area contributed by atoms with Crippen LogP contribution in [0.3, 0.4) is 0 Å². The molecule has 0 saturated heterocycles. The van der Waals surface area contributed by atoms with Gasteiger partial charge in [0.2, 0.25) is 0 Å². The maximum Gasteiger partial charge on any atom is 0.187 e. The van der Waals surface area contributed by atoms with Crippen molar-refractivity contribution in [2.75, 3.05) is 13.1 Å². The summed E-state index contributed by atoms with van der Waals surface area (Å²) in [6.07, 6.45) is 0.0173. The normalized spacial score (nSPS) is 19.0. The topological polar surface area (TPSA) is 24.8 Å². The SMILES string of the molecule is CCN(CC)C1OC(C)=Nc2ccccc21. The van der Waals surface area contributed by atoms with Crippen LogP contribution in [0.1, 0.15) is 32.6 Å². The van der Waals surface area contributed by atoms with Crippen molar-refractivity contribution in [3.8, 4) is 0 Å². The Labute approximate surface area is 96.7 Å². The summed E-state index contributed by atoms with van der Waals surface area (Å²) in [7, 11) is 0. The van der Waals surface area contributed by atoms with E-state index in [2.05, 4.69) is 29.8 Å². The van der Waals surface area contributed by atoms with E-state index >= 15 is 0 Å². The van der Waals surface area contributed by atoms with Crippen LogP contribution in [0.4, 0.5) is 5.69 Å².